The molecule has 0 radical (unpaired) electrons. The van der Waals surface area contributed by atoms with E-state index in [1.807, 2.05) is 18.0 Å². The van der Waals surface area contributed by atoms with Crippen LogP contribution in [0.15, 0.2) is 12.3 Å². The minimum atomic E-state index is 0.0321. The standard InChI is InChI=1S/C14H21N3O2/c1-2-17-8-6-13(15-17)14(18)16-7-5-12(9-16)19-10-11-3-4-11/h6,8,11-12H,2-5,7,9-10H2,1H3. The quantitative estimate of drug-likeness (QED) is 0.809. The fourth-order valence-corrected chi connectivity index (χ4v) is 2.42. The van der Waals surface area contributed by atoms with E-state index >= 15 is 0 Å². The number of ether oxygens (including phenoxy) is 1. The molecule has 1 saturated heterocycles. The highest BCUT2D eigenvalue weighted by Gasteiger charge is 2.30. The second-order valence-corrected chi connectivity index (χ2v) is 5.50. The van der Waals surface area contributed by atoms with Crippen LogP contribution in [0.25, 0.3) is 0 Å². The summed E-state index contributed by atoms with van der Waals surface area (Å²) >= 11 is 0. The third-order valence-electron chi connectivity index (χ3n) is 3.88. The topological polar surface area (TPSA) is 47.4 Å². The fourth-order valence-electron chi connectivity index (χ4n) is 2.42. The summed E-state index contributed by atoms with van der Waals surface area (Å²) in [6.07, 6.45) is 5.64. The van der Waals surface area contributed by atoms with Crippen LogP contribution in [0.3, 0.4) is 0 Å². The molecule has 104 valence electrons. The number of rotatable bonds is 5. The number of likely N-dealkylation sites (tertiary alicyclic amines) is 1. The van der Waals surface area contributed by atoms with Gasteiger partial charge in [0.2, 0.25) is 0 Å². The lowest BCUT2D eigenvalue weighted by Gasteiger charge is -2.15. The normalized spacial score (nSPS) is 23.0. The largest absolute Gasteiger partial charge is 0.376 e. The molecular weight excluding hydrogens is 242 g/mol. The van der Waals surface area contributed by atoms with Crippen LogP contribution in [0.5, 0.6) is 0 Å². The number of amides is 1. The Bertz CT molecular complexity index is 453. The molecule has 1 aromatic heterocycles. The van der Waals surface area contributed by atoms with Crippen LogP contribution >= 0.6 is 0 Å². The summed E-state index contributed by atoms with van der Waals surface area (Å²) in [6.45, 7) is 5.17. The minimum Gasteiger partial charge on any atom is -0.376 e. The molecule has 0 N–H and O–H groups in total. The molecule has 1 aliphatic carbocycles. The van der Waals surface area contributed by atoms with Gasteiger partial charge in [0.05, 0.1) is 6.10 Å². The fraction of sp³-hybridized carbons (Fsp3) is 0.714. The van der Waals surface area contributed by atoms with E-state index in [4.69, 9.17) is 4.74 Å². The van der Waals surface area contributed by atoms with E-state index in [0.717, 1.165) is 32.0 Å². The summed E-state index contributed by atoms with van der Waals surface area (Å²) < 4.78 is 7.63. The minimum absolute atomic E-state index is 0.0321. The number of aryl methyl sites for hydroxylation is 1. The zero-order chi connectivity index (χ0) is 13.2. The lowest BCUT2D eigenvalue weighted by Crippen LogP contribution is -2.30. The Morgan fingerprint density at radius 3 is 3.00 bits per heavy atom. The van der Waals surface area contributed by atoms with Crippen LogP contribution in [-0.4, -0.2) is 46.4 Å². The van der Waals surface area contributed by atoms with Gasteiger partial charge in [0.1, 0.15) is 5.69 Å². The van der Waals surface area contributed by atoms with E-state index in [9.17, 15) is 4.79 Å². The maximum absolute atomic E-state index is 12.3. The number of nitrogens with zero attached hydrogens (tertiary/aromatic N) is 3. The molecule has 3 rings (SSSR count). The first-order chi connectivity index (χ1) is 9.26. The molecule has 1 unspecified atom stereocenters. The molecule has 1 amide bonds. The Balaban J connectivity index is 1.52. The number of carbonyl (C=O) groups excluding carboxylic acids is 1. The summed E-state index contributed by atoms with van der Waals surface area (Å²) in [5.41, 5.74) is 0.546. The average molecular weight is 263 g/mol. The molecule has 2 heterocycles. The Kier molecular flexibility index (Phi) is 3.55. The lowest BCUT2D eigenvalue weighted by atomic mass is 10.3. The van der Waals surface area contributed by atoms with E-state index in [2.05, 4.69) is 5.10 Å². The van der Waals surface area contributed by atoms with Crippen LogP contribution in [0.1, 0.15) is 36.7 Å². The monoisotopic (exact) mass is 263 g/mol. The van der Waals surface area contributed by atoms with E-state index in [1.165, 1.54) is 12.8 Å². The Morgan fingerprint density at radius 1 is 1.47 bits per heavy atom. The first-order valence-corrected chi connectivity index (χ1v) is 7.20. The van der Waals surface area contributed by atoms with E-state index in [0.29, 0.717) is 12.2 Å². The van der Waals surface area contributed by atoms with Crippen molar-refractivity contribution in [2.45, 2.75) is 38.8 Å². The van der Waals surface area contributed by atoms with Crippen molar-refractivity contribution in [2.75, 3.05) is 19.7 Å². The molecule has 1 saturated carbocycles. The second kappa shape index (κ2) is 5.33. The van der Waals surface area contributed by atoms with Crippen LogP contribution in [0.2, 0.25) is 0 Å². The molecule has 5 heteroatoms. The molecule has 2 aliphatic rings. The molecule has 1 aliphatic heterocycles. The molecule has 0 bridgehead atoms. The third kappa shape index (κ3) is 2.97. The number of aromatic nitrogens is 2. The molecule has 1 aromatic rings. The molecule has 0 spiro atoms. The van der Waals surface area contributed by atoms with Crippen LogP contribution in [0.4, 0.5) is 0 Å². The number of hydrogen-bond donors (Lipinski definition) is 0. The van der Waals surface area contributed by atoms with Crippen molar-refractivity contribution in [1.82, 2.24) is 14.7 Å². The lowest BCUT2D eigenvalue weighted by molar-refractivity contribution is 0.0479. The van der Waals surface area contributed by atoms with Gasteiger partial charge < -0.3 is 9.64 Å². The maximum Gasteiger partial charge on any atom is 0.274 e. The first-order valence-electron chi connectivity index (χ1n) is 7.20. The SMILES string of the molecule is CCn1ccc(C(=O)N2CCC(OCC3CC3)C2)n1. The van der Waals surface area contributed by atoms with Crippen molar-refractivity contribution in [3.8, 4) is 0 Å². The van der Waals surface area contributed by atoms with Crippen molar-refractivity contribution < 1.29 is 9.53 Å². The van der Waals surface area contributed by atoms with Gasteiger partial charge in [-0.05, 0) is 38.2 Å². The zero-order valence-electron chi connectivity index (χ0n) is 11.4. The zero-order valence-corrected chi connectivity index (χ0v) is 11.4. The van der Waals surface area contributed by atoms with Crippen molar-refractivity contribution in [3.05, 3.63) is 18.0 Å². The predicted octanol–water partition coefficient (Wildman–Crippen LogP) is 1.54. The van der Waals surface area contributed by atoms with Crippen molar-refractivity contribution in [1.29, 1.82) is 0 Å². The summed E-state index contributed by atoms with van der Waals surface area (Å²) in [5.74, 6) is 0.815. The summed E-state index contributed by atoms with van der Waals surface area (Å²) in [4.78, 5) is 14.1. The van der Waals surface area contributed by atoms with Gasteiger partial charge in [-0.2, -0.15) is 5.10 Å². The first kappa shape index (κ1) is 12.7. The highest BCUT2D eigenvalue weighted by molar-refractivity contribution is 5.92. The maximum atomic E-state index is 12.3. The number of carbonyl (C=O) groups is 1. The van der Waals surface area contributed by atoms with Gasteiger partial charge in [-0.25, -0.2) is 0 Å². The van der Waals surface area contributed by atoms with Gasteiger partial charge in [0.25, 0.3) is 5.91 Å². The Labute approximate surface area is 113 Å². The Hall–Kier alpha value is -1.36. The van der Waals surface area contributed by atoms with Crippen LogP contribution in [-0.2, 0) is 11.3 Å². The molecule has 5 nitrogen and oxygen atoms in total. The molecular formula is C14H21N3O2. The average Bonchev–Trinajstić information content (AvgIpc) is 2.95. The van der Waals surface area contributed by atoms with Gasteiger partial charge in [-0.15, -0.1) is 0 Å². The summed E-state index contributed by atoms with van der Waals surface area (Å²) in [6, 6.07) is 1.80. The predicted molar refractivity (Wildman–Crippen MR) is 70.9 cm³/mol. The van der Waals surface area contributed by atoms with E-state index in [-0.39, 0.29) is 12.0 Å². The second-order valence-electron chi connectivity index (χ2n) is 5.50. The van der Waals surface area contributed by atoms with E-state index < -0.39 is 0 Å². The molecule has 1 atom stereocenters. The van der Waals surface area contributed by atoms with Gasteiger partial charge >= 0.3 is 0 Å². The van der Waals surface area contributed by atoms with Crippen LogP contribution < -0.4 is 0 Å². The van der Waals surface area contributed by atoms with Crippen molar-refractivity contribution >= 4 is 5.91 Å². The highest BCUT2D eigenvalue weighted by Crippen LogP contribution is 2.30. The molecule has 0 aromatic carbocycles. The van der Waals surface area contributed by atoms with Crippen molar-refractivity contribution in [3.63, 3.8) is 0 Å². The smallest absolute Gasteiger partial charge is 0.274 e. The Morgan fingerprint density at radius 2 is 2.32 bits per heavy atom. The number of hydrogen-bond acceptors (Lipinski definition) is 3. The molecule has 19 heavy (non-hydrogen) atoms. The highest BCUT2D eigenvalue weighted by atomic mass is 16.5. The third-order valence-corrected chi connectivity index (χ3v) is 3.88. The summed E-state index contributed by atoms with van der Waals surface area (Å²) in [7, 11) is 0. The van der Waals surface area contributed by atoms with Gasteiger partial charge in [-0.3, -0.25) is 9.48 Å². The summed E-state index contributed by atoms with van der Waals surface area (Å²) in [5, 5.41) is 4.27. The van der Waals surface area contributed by atoms with Gasteiger partial charge in [0, 0.05) is 32.4 Å². The van der Waals surface area contributed by atoms with Gasteiger partial charge in [-0.1, -0.05) is 0 Å². The van der Waals surface area contributed by atoms with Crippen molar-refractivity contribution in [2.24, 2.45) is 5.92 Å². The van der Waals surface area contributed by atoms with Crippen LogP contribution in [0, 0.1) is 5.92 Å². The van der Waals surface area contributed by atoms with E-state index in [1.54, 1.807) is 10.7 Å². The van der Waals surface area contributed by atoms with Gasteiger partial charge in [0.15, 0.2) is 0 Å². The molecule has 2 fully saturated rings.